The predicted octanol–water partition coefficient (Wildman–Crippen LogP) is 2.89. The van der Waals surface area contributed by atoms with Gasteiger partial charge in [-0.2, -0.15) is 0 Å². The molecule has 2 aromatic carbocycles. The SMILES string of the molecule is CC(=O)N[C@@H]1C[C@H](Cc2ccccc2)O[C@H](Cn2c(=O)oc3ccccc32)C1. The van der Waals surface area contributed by atoms with Crippen LogP contribution in [0.2, 0.25) is 0 Å². The molecule has 4 rings (SSSR count). The number of benzene rings is 2. The van der Waals surface area contributed by atoms with E-state index >= 15 is 0 Å². The van der Waals surface area contributed by atoms with E-state index in [1.165, 1.54) is 12.5 Å². The minimum absolute atomic E-state index is 0.0214. The van der Waals surface area contributed by atoms with Crippen LogP contribution >= 0.6 is 0 Å². The Labute approximate surface area is 163 Å². The van der Waals surface area contributed by atoms with Crippen LogP contribution < -0.4 is 11.1 Å². The number of amides is 1. The number of carbonyl (C=O) groups excluding carboxylic acids is 1. The highest BCUT2D eigenvalue weighted by atomic mass is 16.5. The molecule has 2 heterocycles. The minimum atomic E-state index is -0.383. The van der Waals surface area contributed by atoms with E-state index in [1.807, 2.05) is 36.4 Å². The molecular weight excluding hydrogens is 356 g/mol. The second-order valence-corrected chi connectivity index (χ2v) is 7.38. The molecule has 1 aromatic heterocycles. The summed E-state index contributed by atoms with van der Waals surface area (Å²) in [5.41, 5.74) is 2.53. The van der Waals surface area contributed by atoms with Gasteiger partial charge in [0.1, 0.15) is 0 Å². The van der Waals surface area contributed by atoms with Crippen molar-refractivity contribution in [2.24, 2.45) is 0 Å². The summed E-state index contributed by atoms with van der Waals surface area (Å²) in [6.45, 7) is 1.93. The number of hydrogen-bond acceptors (Lipinski definition) is 4. The fourth-order valence-electron chi connectivity index (χ4n) is 4.04. The highest BCUT2D eigenvalue weighted by molar-refractivity contribution is 5.73. The summed E-state index contributed by atoms with van der Waals surface area (Å²) in [5, 5.41) is 3.03. The maximum absolute atomic E-state index is 12.3. The van der Waals surface area contributed by atoms with Crippen LogP contribution in [0.5, 0.6) is 0 Å². The first-order valence-electron chi connectivity index (χ1n) is 9.63. The highest BCUT2D eigenvalue weighted by Crippen LogP contribution is 2.25. The van der Waals surface area contributed by atoms with Gasteiger partial charge >= 0.3 is 5.76 Å². The predicted molar refractivity (Wildman–Crippen MR) is 106 cm³/mol. The van der Waals surface area contributed by atoms with Crippen LogP contribution in [-0.4, -0.2) is 28.7 Å². The Morgan fingerprint density at radius 1 is 1.07 bits per heavy atom. The summed E-state index contributed by atoms with van der Waals surface area (Å²) in [6, 6.07) is 17.6. The summed E-state index contributed by atoms with van der Waals surface area (Å²) in [5.74, 6) is -0.430. The Bertz CT molecular complexity index is 1010. The first-order chi connectivity index (χ1) is 13.6. The lowest BCUT2D eigenvalue weighted by atomic mass is 9.94. The van der Waals surface area contributed by atoms with Crippen molar-refractivity contribution in [1.29, 1.82) is 0 Å². The number of oxazole rings is 1. The van der Waals surface area contributed by atoms with Crippen LogP contribution in [0.3, 0.4) is 0 Å². The summed E-state index contributed by atoms with van der Waals surface area (Å²) in [7, 11) is 0. The molecule has 1 fully saturated rings. The zero-order chi connectivity index (χ0) is 19.5. The van der Waals surface area contributed by atoms with Gasteiger partial charge in [0.25, 0.3) is 0 Å². The van der Waals surface area contributed by atoms with Crippen LogP contribution in [0.15, 0.2) is 63.8 Å². The molecule has 3 aromatic rings. The Morgan fingerprint density at radius 2 is 1.79 bits per heavy atom. The number of nitrogens with one attached hydrogen (secondary N) is 1. The van der Waals surface area contributed by atoms with E-state index in [-0.39, 0.29) is 29.9 Å². The number of rotatable bonds is 5. The molecule has 1 aliphatic rings. The van der Waals surface area contributed by atoms with Gasteiger partial charge in [0.2, 0.25) is 5.91 Å². The molecule has 0 aliphatic carbocycles. The molecule has 0 saturated carbocycles. The Hall–Kier alpha value is -2.86. The molecule has 1 N–H and O–H groups in total. The summed E-state index contributed by atoms with van der Waals surface area (Å²) in [6.07, 6.45) is 1.99. The summed E-state index contributed by atoms with van der Waals surface area (Å²) in [4.78, 5) is 23.9. The smallest absolute Gasteiger partial charge is 0.408 e. The zero-order valence-electron chi connectivity index (χ0n) is 15.8. The second kappa shape index (κ2) is 8.02. The topological polar surface area (TPSA) is 73.5 Å². The van der Waals surface area contributed by atoms with Gasteiger partial charge in [0.05, 0.1) is 24.3 Å². The van der Waals surface area contributed by atoms with E-state index in [0.717, 1.165) is 18.4 Å². The molecule has 1 saturated heterocycles. The van der Waals surface area contributed by atoms with E-state index in [0.29, 0.717) is 18.5 Å². The molecule has 1 aliphatic heterocycles. The fourth-order valence-corrected chi connectivity index (χ4v) is 4.04. The van der Waals surface area contributed by atoms with Crippen molar-refractivity contribution >= 4 is 17.0 Å². The maximum atomic E-state index is 12.3. The highest BCUT2D eigenvalue weighted by Gasteiger charge is 2.31. The Kier molecular flexibility index (Phi) is 5.30. The number of para-hydroxylation sites is 2. The third kappa shape index (κ3) is 4.17. The first-order valence-corrected chi connectivity index (χ1v) is 9.63. The van der Waals surface area contributed by atoms with Crippen molar-refractivity contribution in [3.63, 3.8) is 0 Å². The number of fused-ring (bicyclic) bond motifs is 1. The van der Waals surface area contributed by atoms with Gasteiger partial charge in [-0.25, -0.2) is 4.79 Å². The average molecular weight is 380 g/mol. The quantitative estimate of drug-likeness (QED) is 0.739. The number of ether oxygens (including phenoxy) is 1. The summed E-state index contributed by atoms with van der Waals surface area (Å²) < 4.78 is 13.3. The van der Waals surface area contributed by atoms with Gasteiger partial charge in [-0.3, -0.25) is 9.36 Å². The van der Waals surface area contributed by atoms with Crippen LogP contribution in [0, 0.1) is 0 Å². The van der Waals surface area contributed by atoms with Gasteiger partial charge in [0.15, 0.2) is 5.58 Å². The fraction of sp³-hybridized carbons (Fsp3) is 0.364. The summed E-state index contributed by atoms with van der Waals surface area (Å²) >= 11 is 0. The van der Waals surface area contributed by atoms with Gasteiger partial charge in [0, 0.05) is 13.0 Å². The number of hydrogen-bond donors (Lipinski definition) is 1. The second-order valence-electron chi connectivity index (χ2n) is 7.38. The van der Waals surface area contributed by atoms with Crippen LogP contribution in [0.4, 0.5) is 0 Å². The van der Waals surface area contributed by atoms with E-state index in [2.05, 4.69) is 17.4 Å². The standard InChI is InChI=1S/C22H24N2O4/c1-15(25)23-17-12-18(11-16-7-3-2-4-8-16)27-19(13-17)14-24-20-9-5-6-10-21(20)28-22(24)26/h2-10,17-19H,11-14H2,1H3,(H,23,25)/t17-,18+,19+/m1/s1. The van der Waals surface area contributed by atoms with Crippen LogP contribution in [0.25, 0.3) is 11.1 Å². The average Bonchev–Trinajstić information content (AvgIpc) is 2.97. The minimum Gasteiger partial charge on any atom is -0.408 e. The normalized spacial score (nSPS) is 22.2. The molecular formula is C22H24N2O4. The number of carbonyl (C=O) groups is 1. The molecule has 0 radical (unpaired) electrons. The van der Waals surface area contributed by atoms with Gasteiger partial charge in [-0.05, 0) is 37.0 Å². The lowest BCUT2D eigenvalue weighted by Crippen LogP contribution is -2.47. The van der Waals surface area contributed by atoms with Crippen molar-refractivity contribution in [3.8, 4) is 0 Å². The van der Waals surface area contributed by atoms with Crippen LogP contribution in [0.1, 0.15) is 25.3 Å². The number of aromatic nitrogens is 1. The van der Waals surface area contributed by atoms with E-state index in [4.69, 9.17) is 9.15 Å². The molecule has 0 unspecified atom stereocenters. The Balaban J connectivity index is 1.55. The van der Waals surface area contributed by atoms with Gasteiger partial charge in [-0.1, -0.05) is 42.5 Å². The first kappa shape index (κ1) is 18.5. The maximum Gasteiger partial charge on any atom is 0.420 e. The molecule has 0 bridgehead atoms. The van der Waals surface area contributed by atoms with E-state index < -0.39 is 0 Å². The molecule has 1 amide bonds. The zero-order valence-corrected chi connectivity index (χ0v) is 15.8. The van der Waals surface area contributed by atoms with Crippen molar-refractivity contribution in [1.82, 2.24) is 9.88 Å². The van der Waals surface area contributed by atoms with Crippen molar-refractivity contribution < 1.29 is 13.9 Å². The van der Waals surface area contributed by atoms with E-state index in [9.17, 15) is 9.59 Å². The van der Waals surface area contributed by atoms with Crippen molar-refractivity contribution in [2.75, 3.05) is 0 Å². The molecule has 0 spiro atoms. The van der Waals surface area contributed by atoms with Crippen molar-refractivity contribution in [2.45, 2.75) is 51.0 Å². The largest absolute Gasteiger partial charge is 0.420 e. The third-order valence-corrected chi connectivity index (χ3v) is 5.15. The lowest BCUT2D eigenvalue weighted by Gasteiger charge is -2.36. The third-order valence-electron chi connectivity index (χ3n) is 5.15. The lowest BCUT2D eigenvalue weighted by molar-refractivity contribution is -0.122. The van der Waals surface area contributed by atoms with E-state index in [1.54, 1.807) is 10.6 Å². The van der Waals surface area contributed by atoms with Gasteiger partial charge in [-0.15, -0.1) is 0 Å². The van der Waals surface area contributed by atoms with Gasteiger partial charge < -0.3 is 14.5 Å². The Morgan fingerprint density at radius 3 is 2.57 bits per heavy atom. The molecule has 28 heavy (non-hydrogen) atoms. The molecule has 6 heteroatoms. The monoisotopic (exact) mass is 380 g/mol. The molecule has 146 valence electrons. The van der Waals surface area contributed by atoms with Crippen molar-refractivity contribution in [3.05, 3.63) is 70.7 Å². The van der Waals surface area contributed by atoms with Crippen LogP contribution in [-0.2, 0) is 22.5 Å². The number of nitrogens with zero attached hydrogens (tertiary/aromatic N) is 1. The molecule has 3 atom stereocenters. The molecule has 6 nitrogen and oxygen atoms in total.